The Hall–Kier alpha value is -1.02. The molecule has 0 aliphatic rings. The van der Waals surface area contributed by atoms with Gasteiger partial charge in [-0.25, -0.2) is 0 Å². The van der Waals surface area contributed by atoms with Crippen molar-refractivity contribution in [2.75, 3.05) is 27.2 Å². The van der Waals surface area contributed by atoms with Crippen LogP contribution in [0.1, 0.15) is 44.6 Å². The minimum atomic E-state index is 0.847. The summed E-state index contributed by atoms with van der Waals surface area (Å²) in [5.41, 5.74) is 1.40. The molecular weight excluding hydrogens is 234 g/mol. The molecule has 0 spiro atoms. The molecule has 0 saturated carbocycles. The van der Waals surface area contributed by atoms with Crippen LogP contribution in [0.2, 0.25) is 0 Å². The van der Waals surface area contributed by atoms with Crippen molar-refractivity contribution in [3.05, 3.63) is 29.8 Å². The highest BCUT2D eigenvalue weighted by Crippen LogP contribution is 2.14. The van der Waals surface area contributed by atoms with Crippen LogP contribution in [0, 0.1) is 0 Å². The zero-order valence-electron chi connectivity index (χ0n) is 12.8. The number of aryl methyl sites for hydroxylation is 1. The number of rotatable bonds is 10. The third-order valence-electron chi connectivity index (χ3n) is 3.26. The predicted molar refractivity (Wildman–Crippen MR) is 83.0 cm³/mol. The summed E-state index contributed by atoms with van der Waals surface area (Å²) in [5.74, 6) is 1.01. The number of unbranched alkanes of at least 4 members (excludes halogenated alkanes) is 3. The Morgan fingerprint density at radius 2 is 1.68 bits per heavy atom. The van der Waals surface area contributed by atoms with Crippen molar-refractivity contribution in [1.29, 1.82) is 0 Å². The zero-order valence-corrected chi connectivity index (χ0v) is 12.8. The SMILES string of the molecule is CCCCCCOc1ccc(CCCN(C)C)cc1. The highest BCUT2D eigenvalue weighted by Gasteiger charge is 1.97. The van der Waals surface area contributed by atoms with E-state index >= 15 is 0 Å². The molecule has 108 valence electrons. The van der Waals surface area contributed by atoms with E-state index in [9.17, 15) is 0 Å². The summed E-state index contributed by atoms with van der Waals surface area (Å²) in [6.45, 7) is 4.23. The van der Waals surface area contributed by atoms with Crippen molar-refractivity contribution in [3.8, 4) is 5.75 Å². The zero-order chi connectivity index (χ0) is 13.9. The quantitative estimate of drug-likeness (QED) is 0.588. The molecule has 0 saturated heterocycles. The largest absolute Gasteiger partial charge is 0.494 e. The molecule has 0 heterocycles. The Balaban J connectivity index is 2.19. The van der Waals surface area contributed by atoms with Gasteiger partial charge >= 0.3 is 0 Å². The van der Waals surface area contributed by atoms with Crippen molar-refractivity contribution in [1.82, 2.24) is 4.90 Å². The normalized spacial score (nSPS) is 10.9. The van der Waals surface area contributed by atoms with Crippen molar-refractivity contribution in [3.63, 3.8) is 0 Å². The van der Waals surface area contributed by atoms with Gasteiger partial charge in [0, 0.05) is 0 Å². The van der Waals surface area contributed by atoms with E-state index in [1.807, 2.05) is 0 Å². The maximum Gasteiger partial charge on any atom is 0.119 e. The van der Waals surface area contributed by atoms with Crippen LogP contribution in [0.25, 0.3) is 0 Å². The van der Waals surface area contributed by atoms with Crippen molar-refractivity contribution in [2.24, 2.45) is 0 Å². The Kier molecular flexibility index (Phi) is 8.31. The lowest BCUT2D eigenvalue weighted by Gasteiger charge is -2.10. The lowest BCUT2D eigenvalue weighted by molar-refractivity contribution is 0.305. The smallest absolute Gasteiger partial charge is 0.119 e. The third-order valence-corrected chi connectivity index (χ3v) is 3.26. The van der Waals surface area contributed by atoms with Crippen LogP contribution in [0.4, 0.5) is 0 Å². The van der Waals surface area contributed by atoms with Crippen LogP contribution in [0.5, 0.6) is 5.75 Å². The second kappa shape index (κ2) is 9.85. The number of hydrogen-bond acceptors (Lipinski definition) is 2. The molecule has 2 nitrogen and oxygen atoms in total. The summed E-state index contributed by atoms with van der Waals surface area (Å²) in [7, 11) is 4.24. The Bertz CT molecular complexity index is 319. The van der Waals surface area contributed by atoms with E-state index in [-0.39, 0.29) is 0 Å². The van der Waals surface area contributed by atoms with Gasteiger partial charge in [-0.2, -0.15) is 0 Å². The van der Waals surface area contributed by atoms with Crippen molar-refractivity contribution in [2.45, 2.75) is 45.4 Å². The lowest BCUT2D eigenvalue weighted by Crippen LogP contribution is -2.13. The van der Waals surface area contributed by atoms with Crippen LogP contribution in [0.15, 0.2) is 24.3 Å². The fraction of sp³-hybridized carbons (Fsp3) is 0.647. The van der Waals surface area contributed by atoms with Gasteiger partial charge in [0.25, 0.3) is 0 Å². The van der Waals surface area contributed by atoms with Gasteiger partial charge in [-0.3, -0.25) is 0 Å². The van der Waals surface area contributed by atoms with Crippen molar-refractivity contribution >= 4 is 0 Å². The summed E-state index contributed by atoms with van der Waals surface area (Å²) in [5, 5.41) is 0. The molecule has 1 aromatic carbocycles. The molecule has 0 aromatic heterocycles. The van der Waals surface area contributed by atoms with Gasteiger partial charge in [0.2, 0.25) is 0 Å². The van der Waals surface area contributed by atoms with Crippen molar-refractivity contribution < 1.29 is 4.74 Å². The fourth-order valence-electron chi connectivity index (χ4n) is 2.07. The van der Waals surface area contributed by atoms with Gasteiger partial charge in [0.15, 0.2) is 0 Å². The summed E-state index contributed by atoms with van der Waals surface area (Å²) in [4.78, 5) is 2.23. The van der Waals surface area contributed by atoms with Crippen LogP contribution in [-0.4, -0.2) is 32.1 Å². The molecule has 0 bridgehead atoms. The van der Waals surface area contributed by atoms with E-state index in [4.69, 9.17) is 4.74 Å². The van der Waals surface area contributed by atoms with E-state index in [1.54, 1.807) is 0 Å². The first-order valence-corrected chi connectivity index (χ1v) is 7.59. The molecule has 0 radical (unpaired) electrons. The molecule has 0 aliphatic carbocycles. The van der Waals surface area contributed by atoms with Crippen LogP contribution in [0.3, 0.4) is 0 Å². The molecule has 0 aliphatic heterocycles. The summed E-state index contributed by atoms with van der Waals surface area (Å²) in [6.07, 6.45) is 7.40. The molecule has 0 unspecified atom stereocenters. The molecular formula is C17H29NO. The molecule has 0 fully saturated rings. The first-order valence-electron chi connectivity index (χ1n) is 7.59. The maximum absolute atomic E-state index is 5.74. The van der Waals surface area contributed by atoms with Gasteiger partial charge in [-0.1, -0.05) is 38.3 Å². The van der Waals surface area contributed by atoms with E-state index < -0.39 is 0 Å². The first kappa shape index (κ1) is 16.0. The van der Waals surface area contributed by atoms with E-state index in [1.165, 1.54) is 37.7 Å². The monoisotopic (exact) mass is 263 g/mol. The third kappa shape index (κ3) is 7.89. The van der Waals surface area contributed by atoms with Crippen LogP contribution in [-0.2, 0) is 6.42 Å². The van der Waals surface area contributed by atoms with Gasteiger partial charge in [-0.05, 0) is 57.6 Å². The molecule has 1 rings (SSSR count). The van der Waals surface area contributed by atoms with Crippen LogP contribution < -0.4 is 4.74 Å². The van der Waals surface area contributed by atoms with Gasteiger partial charge in [0.1, 0.15) is 5.75 Å². The number of benzene rings is 1. The lowest BCUT2D eigenvalue weighted by atomic mass is 10.1. The Morgan fingerprint density at radius 1 is 0.947 bits per heavy atom. The Morgan fingerprint density at radius 3 is 2.32 bits per heavy atom. The minimum absolute atomic E-state index is 0.847. The average Bonchev–Trinajstić information content (AvgIpc) is 2.40. The average molecular weight is 263 g/mol. The van der Waals surface area contributed by atoms with E-state index in [0.717, 1.165) is 25.3 Å². The van der Waals surface area contributed by atoms with Gasteiger partial charge in [0.05, 0.1) is 6.61 Å². The Labute approximate surface area is 118 Å². The highest BCUT2D eigenvalue weighted by molar-refractivity contribution is 5.27. The second-order valence-electron chi connectivity index (χ2n) is 5.46. The molecule has 0 amide bonds. The maximum atomic E-state index is 5.74. The first-order chi connectivity index (χ1) is 9.22. The number of hydrogen-bond donors (Lipinski definition) is 0. The second-order valence-corrected chi connectivity index (χ2v) is 5.46. The molecule has 1 aromatic rings. The topological polar surface area (TPSA) is 12.5 Å². The highest BCUT2D eigenvalue weighted by atomic mass is 16.5. The number of ether oxygens (including phenoxy) is 1. The molecule has 19 heavy (non-hydrogen) atoms. The summed E-state index contributed by atoms with van der Waals surface area (Å²) in [6, 6.07) is 8.59. The molecule has 2 heteroatoms. The van der Waals surface area contributed by atoms with E-state index in [2.05, 4.69) is 50.2 Å². The summed E-state index contributed by atoms with van der Waals surface area (Å²) >= 11 is 0. The standard InChI is InChI=1S/C17H29NO/c1-4-5-6-7-15-19-17-12-10-16(11-13-17)9-8-14-18(2)3/h10-13H,4-9,14-15H2,1-3H3. The van der Waals surface area contributed by atoms with Gasteiger partial charge < -0.3 is 9.64 Å². The molecule has 0 N–H and O–H groups in total. The minimum Gasteiger partial charge on any atom is -0.494 e. The number of nitrogens with zero attached hydrogens (tertiary/aromatic N) is 1. The van der Waals surface area contributed by atoms with E-state index in [0.29, 0.717) is 0 Å². The predicted octanol–water partition coefficient (Wildman–Crippen LogP) is 4.14. The molecule has 0 atom stereocenters. The van der Waals surface area contributed by atoms with Crippen LogP contribution >= 0.6 is 0 Å². The van der Waals surface area contributed by atoms with Gasteiger partial charge in [-0.15, -0.1) is 0 Å². The fourth-order valence-corrected chi connectivity index (χ4v) is 2.07. The summed E-state index contributed by atoms with van der Waals surface area (Å²) < 4.78 is 5.74.